The second-order valence-corrected chi connectivity index (χ2v) is 3.52. The topological polar surface area (TPSA) is 62.2 Å². The lowest BCUT2D eigenvalue weighted by Crippen LogP contribution is -2.10. The molecule has 2 heterocycles. The fourth-order valence-electron chi connectivity index (χ4n) is 1.74. The van der Waals surface area contributed by atoms with E-state index in [2.05, 4.69) is 22.4 Å². The highest BCUT2D eigenvalue weighted by Crippen LogP contribution is 2.13. The Labute approximate surface area is 89.3 Å². The highest BCUT2D eigenvalue weighted by Gasteiger charge is 2.14. The van der Waals surface area contributed by atoms with E-state index in [1.165, 1.54) is 31.5 Å². The molecule has 1 aromatic heterocycles. The first-order valence-corrected chi connectivity index (χ1v) is 5.04. The Kier molecular flexibility index (Phi) is 5.40. The lowest BCUT2D eigenvalue weighted by atomic mass is 10.00. The van der Waals surface area contributed by atoms with Crippen molar-refractivity contribution >= 4 is 6.47 Å². The van der Waals surface area contributed by atoms with Crippen LogP contribution >= 0.6 is 0 Å². The zero-order valence-corrected chi connectivity index (χ0v) is 8.60. The second kappa shape index (κ2) is 6.95. The van der Waals surface area contributed by atoms with Crippen molar-refractivity contribution < 1.29 is 9.90 Å². The summed E-state index contributed by atoms with van der Waals surface area (Å²) < 4.78 is 0. The van der Waals surface area contributed by atoms with Crippen molar-refractivity contribution in [3.05, 3.63) is 30.1 Å². The van der Waals surface area contributed by atoms with Gasteiger partial charge in [-0.3, -0.25) is 9.78 Å². The molecule has 1 aliphatic rings. The van der Waals surface area contributed by atoms with E-state index >= 15 is 0 Å². The van der Waals surface area contributed by atoms with E-state index in [0.29, 0.717) is 0 Å². The Morgan fingerprint density at radius 2 is 2.20 bits per heavy atom. The van der Waals surface area contributed by atoms with E-state index < -0.39 is 0 Å². The molecule has 0 spiro atoms. The van der Waals surface area contributed by atoms with Crippen molar-refractivity contribution in [1.29, 1.82) is 0 Å². The Balaban J connectivity index is 0.000000337. The molecule has 4 heteroatoms. The number of hydrogen-bond acceptors (Lipinski definition) is 3. The molecular formula is C11H16N2O2. The van der Waals surface area contributed by atoms with Gasteiger partial charge in [-0.1, -0.05) is 0 Å². The zero-order chi connectivity index (χ0) is 10.9. The summed E-state index contributed by atoms with van der Waals surface area (Å²) >= 11 is 0. The molecule has 0 saturated carbocycles. The average molecular weight is 208 g/mol. The van der Waals surface area contributed by atoms with Crippen LogP contribution in [0, 0.1) is 5.92 Å². The minimum atomic E-state index is -0.250. The lowest BCUT2D eigenvalue weighted by molar-refractivity contribution is -0.122. The van der Waals surface area contributed by atoms with Gasteiger partial charge in [-0.15, -0.1) is 0 Å². The first kappa shape index (κ1) is 11.7. The zero-order valence-electron chi connectivity index (χ0n) is 8.60. The number of rotatable bonds is 2. The van der Waals surface area contributed by atoms with E-state index in [9.17, 15) is 0 Å². The number of carboxylic acid groups (broad SMARTS) is 1. The van der Waals surface area contributed by atoms with Crippen LogP contribution in [0.4, 0.5) is 0 Å². The van der Waals surface area contributed by atoms with E-state index in [-0.39, 0.29) is 6.47 Å². The minimum absolute atomic E-state index is 0.250. The van der Waals surface area contributed by atoms with Gasteiger partial charge >= 0.3 is 0 Å². The van der Waals surface area contributed by atoms with Crippen molar-refractivity contribution in [2.75, 3.05) is 13.1 Å². The van der Waals surface area contributed by atoms with Crippen molar-refractivity contribution in [3.63, 3.8) is 0 Å². The molecule has 0 radical (unpaired) electrons. The Morgan fingerprint density at radius 1 is 1.53 bits per heavy atom. The summed E-state index contributed by atoms with van der Waals surface area (Å²) in [6.07, 6.45) is 6.27. The molecule has 0 amide bonds. The molecule has 82 valence electrons. The maximum Gasteiger partial charge on any atom is 0.290 e. The first-order valence-electron chi connectivity index (χ1n) is 5.04. The standard InChI is InChI=1S/C10H14N2.CH2O2/c1-4-11-5-2-9(1)7-10-3-6-12-8-10;2-1-3/h1-2,4-5,10,12H,3,6-8H2;1H,(H,2,3)/t10-;/m1./s1. The molecule has 1 aromatic rings. The van der Waals surface area contributed by atoms with Crippen LogP contribution in [0.15, 0.2) is 24.5 Å². The van der Waals surface area contributed by atoms with Gasteiger partial charge in [0.05, 0.1) is 0 Å². The summed E-state index contributed by atoms with van der Waals surface area (Å²) in [5, 5.41) is 10.3. The normalized spacial score (nSPS) is 19.1. The monoisotopic (exact) mass is 208 g/mol. The number of nitrogens with one attached hydrogen (secondary N) is 1. The maximum absolute atomic E-state index is 8.36. The summed E-state index contributed by atoms with van der Waals surface area (Å²) in [6.45, 7) is 2.12. The van der Waals surface area contributed by atoms with E-state index in [1.807, 2.05) is 12.4 Å². The van der Waals surface area contributed by atoms with Crippen molar-refractivity contribution in [1.82, 2.24) is 10.3 Å². The highest BCUT2D eigenvalue weighted by molar-refractivity contribution is 5.32. The van der Waals surface area contributed by atoms with Crippen LogP contribution in [0.3, 0.4) is 0 Å². The Hall–Kier alpha value is -1.42. The minimum Gasteiger partial charge on any atom is -0.483 e. The van der Waals surface area contributed by atoms with Gasteiger partial charge in [0.1, 0.15) is 0 Å². The number of pyridine rings is 1. The number of carbonyl (C=O) groups is 1. The largest absolute Gasteiger partial charge is 0.483 e. The number of nitrogens with zero attached hydrogens (tertiary/aromatic N) is 1. The van der Waals surface area contributed by atoms with Gasteiger partial charge in [-0.25, -0.2) is 0 Å². The van der Waals surface area contributed by atoms with Crippen LogP contribution in [0.5, 0.6) is 0 Å². The SMILES string of the molecule is O=CO.c1cc(C[C@H]2CCNC2)ccn1. The Morgan fingerprint density at radius 3 is 2.73 bits per heavy atom. The van der Waals surface area contributed by atoms with Gasteiger partial charge in [0.25, 0.3) is 6.47 Å². The van der Waals surface area contributed by atoms with E-state index in [4.69, 9.17) is 9.90 Å². The van der Waals surface area contributed by atoms with E-state index in [1.54, 1.807) is 0 Å². The molecule has 1 aliphatic heterocycles. The number of aromatic nitrogens is 1. The van der Waals surface area contributed by atoms with Crippen molar-refractivity contribution in [2.45, 2.75) is 12.8 Å². The smallest absolute Gasteiger partial charge is 0.290 e. The van der Waals surface area contributed by atoms with Crippen molar-refractivity contribution in [3.8, 4) is 0 Å². The summed E-state index contributed by atoms with van der Waals surface area (Å²) in [5.41, 5.74) is 1.42. The molecule has 0 bridgehead atoms. The van der Waals surface area contributed by atoms with Crippen LogP contribution in [-0.2, 0) is 11.2 Å². The van der Waals surface area contributed by atoms with Crippen LogP contribution in [-0.4, -0.2) is 29.7 Å². The van der Waals surface area contributed by atoms with Gasteiger partial charge in [0.2, 0.25) is 0 Å². The molecule has 2 rings (SSSR count). The van der Waals surface area contributed by atoms with Gasteiger partial charge in [0, 0.05) is 12.4 Å². The number of hydrogen-bond donors (Lipinski definition) is 2. The van der Waals surface area contributed by atoms with Gasteiger partial charge in [-0.2, -0.15) is 0 Å². The molecule has 4 nitrogen and oxygen atoms in total. The highest BCUT2D eigenvalue weighted by atomic mass is 16.3. The summed E-state index contributed by atoms with van der Waals surface area (Å²) in [6, 6.07) is 4.22. The summed E-state index contributed by atoms with van der Waals surface area (Å²) in [4.78, 5) is 12.4. The molecule has 15 heavy (non-hydrogen) atoms. The molecule has 2 N–H and O–H groups in total. The summed E-state index contributed by atoms with van der Waals surface area (Å²) in [7, 11) is 0. The fourth-order valence-corrected chi connectivity index (χ4v) is 1.74. The predicted octanol–water partition coefficient (Wildman–Crippen LogP) is 0.934. The molecule has 1 saturated heterocycles. The van der Waals surface area contributed by atoms with E-state index in [0.717, 1.165) is 5.92 Å². The fraction of sp³-hybridized carbons (Fsp3) is 0.455. The molecule has 1 atom stereocenters. The molecule has 1 fully saturated rings. The molecule has 0 unspecified atom stereocenters. The van der Waals surface area contributed by atoms with Gasteiger partial charge < -0.3 is 10.4 Å². The third kappa shape index (κ3) is 4.56. The summed E-state index contributed by atoms with van der Waals surface area (Å²) in [5.74, 6) is 0.840. The average Bonchev–Trinajstić information content (AvgIpc) is 2.73. The van der Waals surface area contributed by atoms with Crippen LogP contribution in [0.25, 0.3) is 0 Å². The van der Waals surface area contributed by atoms with Crippen molar-refractivity contribution in [2.24, 2.45) is 5.92 Å². The van der Waals surface area contributed by atoms with Crippen LogP contribution in [0.2, 0.25) is 0 Å². The molecular weight excluding hydrogens is 192 g/mol. The quantitative estimate of drug-likeness (QED) is 0.710. The Bertz CT molecular complexity index is 271. The second-order valence-electron chi connectivity index (χ2n) is 3.52. The van der Waals surface area contributed by atoms with Crippen LogP contribution in [0.1, 0.15) is 12.0 Å². The predicted molar refractivity (Wildman–Crippen MR) is 57.6 cm³/mol. The van der Waals surface area contributed by atoms with Crippen LogP contribution < -0.4 is 5.32 Å². The molecule has 0 aliphatic carbocycles. The third-order valence-electron chi connectivity index (χ3n) is 2.44. The third-order valence-corrected chi connectivity index (χ3v) is 2.44. The first-order chi connectivity index (χ1) is 7.36. The lowest BCUT2D eigenvalue weighted by Gasteiger charge is -2.06. The van der Waals surface area contributed by atoms with Gasteiger partial charge in [-0.05, 0) is 49.5 Å². The maximum atomic E-state index is 8.36. The van der Waals surface area contributed by atoms with Gasteiger partial charge in [0.15, 0.2) is 0 Å². The molecule has 0 aromatic carbocycles.